The maximum absolute atomic E-state index is 13.5. The van der Waals surface area contributed by atoms with Crippen molar-refractivity contribution in [2.45, 2.75) is 12.5 Å². The van der Waals surface area contributed by atoms with Crippen LogP contribution < -0.4 is 5.32 Å². The van der Waals surface area contributed by atoms with Crippen molar-refractivity contribution in [2.24, 2.45) is 7.05 Å². The van der Waals surface area contributed by atoms with Gasteiger partial charge in [-0.15, -0.1) is 0 Å². The van der Waals surface area contributed by atoms with Crippen LogP contribution in [0.15, 0.2) is 78.9 Å². The van der Waals surface area contributed by atoms with Gasteiger partial charge in [-0.05, 0) is 42.4 Å². The number of aryl methyl sites for hydroxylation is 1. The Kier molecular flexibility index (Phi) is 6.61. The third-order valence-electron chi connectivity index (χ3n) is 5.69. The molecule has 0 radical (unpaired) electrons. The molecule has 32 heavy (non-hydrogen) atoms. The molecule has 0 fully saturated rings. The summed E-state index contributed by atoms with van der Waals surface area (Å²) in [6, 6.07) is 24.2. The van der Waals surface area contributed by atoms with Crippen molar-refractivity contribution in [1.82, 2.24) is 19.8 Å². The molecule has 1 amide bonds. The standard InChI is InChI=1S/C26H27FN4O/c1-30(26(19-8-4-3-5-9-19)20-12-14-21(27)15-13-20)18-25(32)28-17-16-24-29-22-10-6-7-11-23(22)31(24)2/h3-15,26H,16-18H2,1-2H3,(H,28,32). The van der Waals surface area contributed by atoms with Gasteiger partial charge in [-0.2, -0.15) is 0 Å². The molecule has 0 bridgehead atoms. The number of nitrogens with zero attached hydrogens (tertiary/aromatic N) is 3. The summed E-state index contributed by atoms with van der Waals surface area (Å²) in [6.07, 6.45) is 0.653. The highest BCUT2D eigenvalue weighted by Crippen LogP contribution is 2.27. The fourth-order valence-corrected chi connectivity index (χ4v) is 4.09. The highest BCUT2D eigenvalue weighted by Gasteiger charge is 2.21. The first kappa shape index (κ1) is 21.7. The highest BCUT2D eigenvalue weighted by molar-refractivity contribution is 5.78. The van der Waals surface area contributed by atoms with Crippen molar-refractivity contribution in [1.29, 1.82) is 0 Å². The first-order valence-electron chi connectivity index (χ1n) is 10.7. The van der Waals surface area contributed by atoms with Gasteiger partial charge in [-0.1, -0.05) is 54.6 Å². The van der Waals surface area contributed by atoms with E-state index in [1.54, 1.807) is 12.1 Å². The number of likely N-dealkylation sites (N-methyl/N-ethyl adjacent to an activating group) is 1. The summed E-state index contributed by atoms with van der Waals surface area (Å²) in [4.78, 5) is 19.3. The second-order valence-corrected chi connectivity index (χ2v) is 7.96. The minimum atomic E-state index is -0.275. The van der Waals surface area contributed by atoms with E-state index in [-0.39, 0.29) is 24.3 Å². The monoisotopic (exact) mass is 430 g/mol. The van der Waals surface area contributed by atoms with Crippen LogP contribution in [0.25, 0.3) is 11.0 Å². The lowest BCUT2D eigenvalue weighted by atomic mass is 9.97. The van der Waals surface area contributed by atoms with Gasteiger partial charge in [-0.3, -0.25) is 9.69 Å². The zero-order chi connectivity index (χ0) is 22.5. The molecule has 3 aromatic carbocycles. The Bertz CT molecular complexity index is 1190. The molecule has 164 valence electrons. The molecule has 0 saturated carbocycles. The maximum Gasteiger partial charge on any atom is 0.234 e. The van der Waals surface area contributed by atoms with E-state index in [0.29, 0.717) is 13.0 Å². The summed E-state index contributed by atoms with van der Waals surface area (Å²) < 4.78 is 15.5. The molecule has 4 aromatic rings. The number of amides is 1. The molecule has 6 heteroatoms. The van der Waals surface area contributed by atoms with Gasteiger partial charge >= 0.3 is 0 Å². The van der Waals surface area contributed by atoms with E-state index in [1.807, 2.05) is 73.6 Å². The van der Waals surface area contributed by atoms with Gasteiger partial charge in [0.15, 0.2) is 0 Å². The largest absolute Gasteiger partial charge is 0.355 e. The highest BCUT2D eigenvalue weighted by atomic mass is 19.1. The van der Waals surface area contributed by atoms with Gasteiger partial charge in [0.25, 0.3) is 0 Å². The number of fused-ring (bicyclic) bond motifs is 1. The average molecular weight is 431 g/mol. The number of hydrogen-bond donors (Lipinski definition) is 1. The molecule has 0 aliphatic carbocycles. The summed E-state index contributed by atoms with van der Waals surface area (Å²) in [5.74, 6) is 0.602. The summed E-state index contributed by atoms with van der Waals surface area (Å²) in [5, 5.41) is 3.01. The van der Waals surface area contributed by atoms with Gasteiger partial charge in [0, 0.05) is 20.0 Å². The zero-order valence-corrected chi connectivity index (χ0v) is 18.3. The second-order valence-electron chi connectivity index (χ2n) is 7.96. The van der Waals surface area contributed by atoms with Crippen LogP contribution >= 0.6 is 0 Å². The second kappa shape index (κ2) is 9.75. The van der Waals surface area contributed by atoms with Crippen molar-refractivity contribution in [3.8, 4) is 0 Å². The Morgan fingerprint density at radius 2 is 1.66 bits per heavy atom. The molecule has 1 unspecified atom stereocenters. The Morgan fingerprint density at radius 3 is 2.38 bits per heavy atom. The van der Waals surface area contributed by atoms with Crippen molar-refractivity contribution < 1.29 is 9.18 Å². The third-order valence-corrected chi connectivity index (χ3v) is 5.69. The summed E-state index contributed by atoms with van der Waals surface area (Å²) in [6.45, 7) is 0.732. The van der Waals surface area contributed by atoms with Gasteiger partial charge in [0.1, 0.15) is 11.6 Å². The van der Waals surface area contributed by atoms with E-state index >= 15 is 0 Å². The first-order chi connectivity index (χ1) is 15.5. The minimum absolute atomic E-state index is 0.0608. The lowest BCUT2D eigenvalue weighted by molar-refractivity contribution is -0.122. The number of nitrogens with one attached hydrogen (secondary N) is 1. The van der Waals surface area contributed by atoms with Gasteiger partial charge in [0.05, 0.1) is 23.6 Å². The fourth-order valence-electron chi connectivity index (χ4n) is 4.09. The van der Waals surface area contributed by atoms with E-state index in [9.17, 15) is 9.18 Å². The normalized spacial score (nSPS) is 12.2. The van der Waals surface area contributed by atoms with Crippen LogP contribution in [0.1, 0.15) is 23.0 Å². The molecule has 0 saturated heterocycles. The lowest BCUT2D eigenvalue weighted by Crippen LogP contribution is -2.38. The van der Waals surface area contributed by atoms with Crippen LogP contribution in [0.4, 0.5) is 4.39 Å². The number of aromatic nitrogens is 2. The van der Waals surface area contributed by atoms with E-state index in [1.165, 1.54) is 12.1 Å². The van der Waals surface area contributed by atoms with Crippen molar-refractivity contribution in [3.05, 3.63) is 102 Å². The zero-order valence-electron chi connectivity index (χ0n) is 18.3. The van der Waals surface area contributed by atoms with Gasteiger partial charge in [-0.25, -0.2) is 9.37 Å². The summed E-state index contributed by atoms with van der Waals surface area (Å²) >= 11 is 0. The van der Waals surface area contributed by atoms with Gasteiger partial charge in [0.2, 0.25) is 5.91 Å². The van der Waals surface area contributed by atoms with Crippen molar-refractivity contribution in [2.75, 3.05) is 20.1 Å². The first-order valence-corrected chi connectivity index (χ1v) is 10.7. The molecule has 4 rings (SSSR count). The van der Waals surface area contributed by atoms with Crippen molar-refractivity contribution >= 4 is 16.9 Å². The number of rotatable bonds is 8. The Morgan fingerprint density at radius 1 is 1.00 bits per heavy atom. The Hall–Kier alpha value is -3.51. The minimum Gasteiger partial charge on any atom is -0.355 e. The molecule has 1 heterocycles. The molecule has 0 aliphatic rings. The van der Waals surface area contributed by atoms with Crippen LogP contribution in [-0.4, -0.2) is 40.5 Å². The van der Waals surface area contributed by atoms with E-state index < -0.39 is 0 Å². The van der Waals surface area contributed by atoms with Gasteiger partial charge < -0.3 is 9.88 Å². The van der Waals surface area contributed by atoms with Crippen LogP contribution in [0.3, 0.4) is 0 Å². The molecule has 1 N–H and O–H groups in total. The molecule has 0 aliphatic heterocycles. The fraction of sp³-hybridized carbons (Fsp3) is 0.231. The van der Waals surface area contributed by atoms with Crippen LogP contribution in [0.2, 0.25) is 0 Å². The average Bonchev–Trinajstić information content (AvgIpc) is 3.12. The predicted molar refractivity (Wildman–Crippen MR) is 125 cm³/mol. The number of carbonyl (C=O) groups excluding carboxylic acids is 1. The Balaban J connectivity index is 1.40. The molecule has 1 aromatic heterocycles. The SMILES string of the molecule is CN(CC(=O)NCCc1nc2ccccc2n1C)C(c1ccccc1)c1ccc(F)cc1. The predicted octanol–water partition coefficient (Wildman–Crippen LogP) is 4.09. The number of benzene rings is 3. The third kappa shape index (κ3) is 4.86. The topological polar surface area (TPSA) is 50.2 Å². The van der Waals surface area contributed by atoms with E-state index in [0.717, 1.165) is 28.0 Å². The smallest absolute Gasteiger partial charge is 0.234 e. The number of imidazole rings is 1. The van der Waals surface area contributed by atoms with Crippen molar-refractivity contribution in [3.63, 3.8) is 0 Å². The Labute approximate surface area is 187 Å². The maximum atomic E-state index is 13.5. The lowest BCUT2D eigenvalue weighted by Gasteiger charge is -2.28. The van der Waals surface area contributed by atoms with Crippen LogP contribution in [0, 0.1) is 5.82 Å². The molecule has 1 atom stereocenters. The molecular weight excluding hydrogens is 403 g/mol. The molecular formula is C26H27FN4O. The molecule has 5 nitrogen and oxygen atoms in total. The summed E-state index contributed by atoms with van der Waals surface area (Å²) in [7, 11) is 3.90. The number of halogens is 1. The number of hydrogen-bond acceptors (Lipinski definition) is 3. The summed E-state index contributed by atoms with van der Waals surface area (Å²) in [5.41, 5.74) is 4.03. The van der Waals surface area contributed by atoms with E-state index in [2.05, 4.69) is 14.9 Å². The van der Waals surface area contributed by atoms with Crippen LogP contribution in [0.5, 0.6) is 0 Å². The number of para-hydroxylation sites is 2. The van der Waals surface area contributed by atoms with Crippen LogP contribution in [-0.2, 0) is 18.3 Å². The van der Waals surface area contributed by atoms with E-state index in [4.69, 9.17) is 0 Å². The quantitative estimate of drug-likeness (QED) is 0.458. The number of carbonyl (C=O) groups is 1. The molecule has 0 spiro atoms.